The van der Waals surface area contributed by atoms with Gasteiger partial charge in [-0.1, -0.05) is 42.5 Å². The summed E-state index contributed by atoms with van der Waals surface area (Å²) in [7, 11) is 1.57. The van der Waals surface area contributed by atoms with Crippen LogP contribution in [0.5, 0.6) is 5.88 Å². The fraction of sp³-hybridized carbons (Fsp3) is 0.217. The minimum Gasteiger partial charge on any atom is -0.481 e. The Kier molecular flexibility index (Phi) is 6.57. The molecule has 0 spiro atoms. The first-order chi connectivity index (χ1) is 14.0. The molecule has 3 N–H and O–H groups in total. The molecule has 0 saturated heterocycles. The molecule has 0 saturated carbocycles. The van der Waals surface area contributed by atoms with Gasteiger partial charge in [-0.2, -0.15) is 0 Å². The van der Waals surface area contributed by atoms with Crippen molar-refractivity contribution in [2.24, 2.45) is 5.73 Å². The summed E-state index contributed by atoms with van der Waals surface area (Å²) < 4.78 is 19.7. The lowest BCUT2D eigenvalue weighted by molar-refractivity contribution is -0.117. The number of nitrogens with zero attached hydrogens (tertiary/aromatic N) is 1. The lowest BCUT2D eigenvalue weighted by Gasteiger charge is -2.14. The number of rotatable bonds is 8. The largest absolute Gasteiger partial charge is 0.481 e. The number of halogens is 1. The first-order valence-electron chi connectivity index (χ1n) is 9.39. The minimum absolute atomic E-state index is 0.254. The standard InChI is InChI=1S/C23H24FN3O2/c1-15-17(19-6-3-4-9-20(19)24)7-5-8-18(15)21-11-10-16(23(27-21)29-2)14-26-13-12-22(25)28/h3-11,26H,12-14H2,1-2H3,(H2,25,28). The van der Waals surface area contributed by atoms with Crippen LogP contribution >= 0.6 is 0 Å². The Bertz CT molecular complexity index is 1020. The van der Waals surface area contributed by atoms with Gasteiger partial charge in [0.25, 0.3) is 0 Å². The Hall–Kier alpha value is -3.25. The van der Waals surface area contributed by atoms with Gasteiger partial charge in [-0.25, -0.2) is 9.37 Å². The predicted octanol–water partition coefficient (Wildman–Crippen LogP) is 3.84. The molecule has 1 aromatic heterocycles. The molecule has 0 aliphatic heterocycles. The molecule has 0 aliphatic rings. The number of nitrogens with two attached hydrogens (primary N) is 1. The zero-order valence-electron chi connectivity index (χ0n) is 16.5. The topological polar surface area (TPSA) is 77.2 Å². The number of pyridine rings is 1. The normalized spacial score (nSPS) is 10.7. The summed E-state index contributed by atoms with van der Waals surface area (Å²) >= 11 is 0. The maximum atomic E-state index is 14.3. The van der Waals surface area contributed by atoms with Crippen LogP contribution in [-0.4, -0.2) is 24.5 Å². The van der Waals surface area contributed by atoms with Gasteiger partial charge >= 0.3 is 0 Å². The van der Waals surface area contributed by atoms with E-state index in [2.05, 4.69) is 10.3 Å². The highest BCUT2D eigenvalue weighted by atomic mass is 19.1. The fourth-order valence-electron chi connectivity index (χ4n) is 3.25. The smallest absolute Gasteiger partial charge is 0.218 e. The number of aromatic nitrogens is 1. The number of hydrogen-bond acceptors (Lipinski definition) is 4. The highest BCUT2D eigenvalue weighted by molar-refractivity contribution is 5.77. The first-order valence-corrected chi connectivity index (χ1v) is 9.39. The Morgan fingerprint density at radius 3 is 2.52 bits per heavy atom. The molecule has 0 aliphatic carbocycles. The molecule has 29 heavy (non-hydrogen) atoms. The first kappa shape index (κ1) is 20.5. The number of hydrogen-bond donors (Lipinski definition) is 2. The van der Waals surface area contributed by atoms with Crippen molar-refractivity contribution < 1.29 is 13.9 Å². The molecule has 6 heteroatoms. The number of carbonyl (C=O) groups is 1. The molecule has 0 atom stereocenters. The third-order valence-electron chi connectivity index (χ3n) is 4.77. The molecule has 5 nitrogen and oxygen atoms in total. The molecule has 3 aromatic rings. The van der Waals surface area contributed by atoms with E-state index in [9.17, 15) is 9.18 Å². The summed E-state index contributed by atoms with van der Waals surface area (Å²) in [4.78, 5) is 15.5. The lowest BCUT2D eigenvalue weighted by Crippen LogP contribution is -2.22. The van der Waals surface area contributed by atoms with Crippen molar-refractivity contribution in [2.45, 2.75) is 19.9 Å². The second-order valence-electron chi connectivity index (χ2n) is 6.72. The molecule has 3 rings (SSSR count). The Morgan fingerprint density at radius 1 is 1.07 bits per heavy atom. The SMILES string of the molecule is COc1nc(-c2cccc(-c3ccccc3F)c2C)ccc1CNCCC(N)=O. The zero-order chi connectivity index (χ0) is 20.8. The molecule has 0 bridgehead atoms. The molecule has 0 fully saturated rings. The van der Waals surface area contributed by atoms with Crippen molar-refractivity contribution in [1.29, 1.82) is 0 Å². The van der Waals surface area contributed by atoms with Crippen molar-refractivity contribution in [3.8, 4) is 28.3 Å². The van der Waals surface area contributed by atoms with Gasteiger partial charge < -0.3 is 15.8 Å². The van der Waals surface area contributed by atoms with E-state index in [1.54, 1.807) is 19.2 Å². The van der Waals surface area contributed by atoms with Crippen LogP contribution in [0.15, 0.2) is 54.6 Å². The second-order valence-corrected chi connectivity index (χ2v) is 6.72. The highest BCUT2D eigenvalue weighted by Crippen LogP contribution is 2.33. The monoisotopic (exact) mass is 393 g/mol. The van der Waals surface area contributed by atoms with Gasteiger partial charge in [-0.15, -0.1) is 0 Å². The van der Waals surface area contributed by atoms with E-state index in [0.29, 0.717) is 24.5 Å². The van der Waals surface area contributed by atoms with Gasteiger partial charge in [0.1, 0.15) is 5.82 Å². The van der Waals surface area contributed by atoms with Crippen molar-refractivity contribution in [2.75, 3.05) is 13.7 Å². The van der Waals surface area contributed by atoms with Crippen LogP contribution in [0.4, 0.5) is 4.39 Å². The quantitative estimate of drug-likeness (QED) is 0.570. The minimum atomic E-state index is -0.344. The summed E-state index contributed by atoms with van der Waals surface area (Å²) in [6.07, 6.45) is 0.274. The van der Waals surface area contributed by atoms with Crippen LogP contribution < -0.4 is 15.8 Å². The number of amides is 1. The number of ether oxygens (including phenoxy) is 1. The van der Waals surface area contributed by atoms with Crippen LogP contribution in [0, 0.1) is 12.7 Å². The summed E-state index contributed by atoms with van der Waals surface area (Å²) in [5.41, 5.74) is 10.0. The molecule has 150 valence electrons. The second kappa shape index (κ2) is 9.30. The highest BCUT2D eigenvalue weighted by Gasteiger charge is 2.14. The maximum absolute atomic E-state index is 14.3. The number of primary amides is 1. The van der Waals surface area contributed by atoms with Gasteiger partial charge in [0, 0.05) is 36.2 Å². The number of nitrogens with one attached hydrogen (secondary N) is 1. The third kappa shape index (κ3) is 4.78. The number of methoxy groups -OCH3 is 1. The molecular formula is C23H24FN3O2. The van der Waals surface area contributed by atoms with Crippen molar-refractivity contribution >= 4 is 5.91 Å². The molecule has 2 aromatic carbocycles. The van der Waals surface area contributed by atoms with Gasteiger partial charge in [0.15, 0.2) is 0 Å². The van der Waals surface area contributed by atoms with Crippen LogP contribution in [0.25, 0.3) is 22.4 Å². The van der Waals surface area contributed by atoms with E-state index in [1.807, 2.05) is 43.3 Å². The zero-order valence-corrected chi connectivity index (χ0v) is 16.5. The third-order valence-corrected chi connectivity index (χ3v) is 4.77. The Balaban J connectivity index is 1.90. The average molecular weight is 393 g/mol. The molecule has 0 radical (unpaired) electrons. The summed E-state index contributed by atoms with van der Waals surface area (Å²) in [6.45, 7) is 2.96. The Labute approximate surface area is 169 Å². The summed E-state index contributed by atoms with van der Waals surface area (Å²) in [5, 5.41) is 3.15. The van der Waals surface area contributed by atoms with Crippen LogP contribution in [-0.2, 0) is 11.3 Å². The van der Waals surface area contributed by atoms with Crippen LogP contribution in [0.3, 0.4) is 0 Å². The average Bonchev–Trinajstić information content (AvgIpc) is 2.72. The van der Waals surface area contributed by atoms with Gasteiger partial charge in [-0.3, -0.25) is 4.79 Å². The van der Waals surface area contributed by atoms with Gasteiger partial charge in [0.2, 0.25) is 11.8 Å². The fourth-order valence-corrected chi connectivity index (χ4v) is 3.25. The molecule has 0 unspecified atom stereocenters. The van der Waals surface area contributed by atoms with Crippen molar-refractivity contribution in [1.82, 2.24) is 10.3 Å². The summed E-state index contributed by atoms with van der Waals surface area (Å²) in [5.74, 6) is -0.0939. The Morgan fingerprint density at radius 2 is 1.79 bits per heavy atom. The predicted molar refractivity (Wildman–Crippen MR) is 112 cm³/mol. The lowest BCUT2D eigenvalue weighted by atomic mass is 9.94. The molecule has 1 amide bonds. The van der Waals surface area contributed by atoms with E-state index < -0.39 is 0 Å². The van der Waals surface area contributed by atoms with E-state index in [0.717, 1.165) is 27.9 Å². The molecular weight excluding hydrogens is 369 g/mol. The van der Waals surface area contributed by atoms with E-state index in [-0.39, 0.29) is 18.1 Å². The van der Waals surface area contributed by atoms with E-state index in [1.165, 1.54) is 6.07 Å². The van der Waals surface area contributed by atoms with Gasteiger partial charge in [0.05, 0.1) is 12.8 Å². The van der Waals surface area contributed by atoms with Crippen molar-refractivity contribution in [3.05, 3.63) is 71.5 Å². The summed E-state index contributed by atoms with van der Waals surface area (Å²) in [6, 6.07) is 16.4. The van der Waals surface area contributed by atoms with Crippen LogP contribution in [0.2, 0.25) is 0 Å². The van der Waals surface area contributed by atoms with Crippen LogP contribution in [0.1, 0.15) is 17.5 Å². The van der Waals surface area contributed by atoms with E-state index in [4.69, 9.17) is 10.5 Å². The maximum Gasteiger partial charge on any atom is 0.218 e. The van der Waals surface area contributed by atoms with Gasteiger partial charge in [-0.05, 0) is 30.2 Å². The number of carbonyl (C=O) groups excluding carboxylic acids is 1. The van der Waals surface area contributed by atoms with E-state index >= 15 is 0 Å². The number of benzene rings is 2. The van der Waals surface area contributed by atoms with Crippen molar-refractivity contribution in [3.63, 3.8) is 0 Å². The molecule has 1 heterocycles.